The highest BCUT2D eigenvalue weighted by molar-refractivity contribution is 5.83. The Bertz CT molecular complexity index is 1830. The number of piperidine rings is 1. The Morgan fingerprint density at radius 2 is 2.05 bits per heavy atom. The Morgan fingerprint density at radius 1 is 1.17 bits per heavy atom. The molecule has 3 aromatic heterocycles. The number of nitrogens with zero attached hydrogens (tertiary/aromatic N) is 7. The van der Waals surface area contributed by atoms with Gasteiger partial charge in [-0.25, -0.2) is 9.50 Å². The van der Waals surface area contributed by atoms with Gasteiger partial charge in [0.15, 0.2) is 0 Å². The average Bonchev–Trinajstić information content (AvgIpc) is 3.47. The van der Waals surface area contributed by atoms with Gasteiger partial charge in [0.05, 0.1) is 62.1 Å². The highest BCUT2D eigenvalue weighted by Gasteiger charge is 2.44. The zero-order valence-electron chi connectivity index (χ0n) is 29.0. The summed E-state index contributed by atoms with van der Waals surface area (Å²) in [6, 6.07) is 9.67. The predicted octanol–water partition coefficient (Wildman–Crippen LogP) is 2.50. The summed E-state index contributed by atoms with van der Waals surface area (Å²) in [5, 5.41) is 17.1. The van der Waals surface area contributed by atoms with Gasteiger partial charge >= 0.3 is 0 Å². The van der Waals surface area contributed by atoms with E-state index in [2.05, 4.69) is 31.4 Å². The third-order valence-corrected chi connectivity index (χ3v) is 7.60. The third-order valence-electron chi connectivity index (χ3n) is 7.60. The van der Waals surface area contributed by atoms with Crippen LogP contribution in [0.5, 0.6) is 11.5 Å². The Balaban J connectivity index is 1.08. The smallest absolute Gasteiger partial charge is 0.147 e. The summed E-state index contributed by atoms with van der Waals surface area (Å²) in [5.74, 6) is 0.951. The number of aromatic nitrogens is 4. The van der Waals surface area contributed by atoms with E-state index < -0.39 is 26.2 Å². The number of fused-ring (bicyclic) bond motifs is 3. The SMILES string of the molecule is [2H]C([2H])([2H])Oc1ccc(C([2H])([2H])N2C3CC2CN(c2cnc(-c4cc(OC([2H])([2H])[C@@H]5CNCCO5)cn5ncc(C#N)c45)cn2)C3)cc1. The second kappa shape index (κ2) is 11.0. The molecule has 0 saturated carbocycles. The van der Waals surface area contributed by atoms with Gasteiger partial charge in [0.2, 0.25) is 0 Å². The molecular formula is C30H32N8O3. The highest BCUT2D eigenvalue weighted by Crippen LogP contribution is 2.36. The molecule has 4 aliphatic heterocycles. The van der Waals surface area contributed by atoms with E-state index in [1.165, 1.54) is 29.0 Å². The molecule has 3 atom stereocenters. The van der Waals surface area contributed by atoms with E-state index in [1.54, 1.807) is 30.6 Å². The quantitative estimate of drug-likeness (QED) is 0.346. The van der Waals surface area contributed by atoms with E-state index in [0.717, 1.165) is 6.42 Å². The lowest BCUT2D eigenvalue weighted by molar-refractivity contribution is -0.00870. The molecule has 11 nitrogen and oxygen atoms in total. The Morgan fingerprint density at radius 3 is 2.78 bits per heavy atom. The molecule has 4 fully saturated rings. The number of ether oxygens (including phenoxy) is 3. The van der Waals surface area contributed by atoms with Gasteiger partial charge in [-0.2, -0.15) is 10.4 Å². The summed E-state index contributed by atoms with van der Waals surface area (Å²) in [7, 11) is -2.58. The number of hydrogen-bond donors (Lipinski definition) is 1. The van der Waals surface area contributed by atoms with Crippen LogP contribution in [-0.4, -0.2) is 89.1 Å². The molecule has 2 bridgehead atoms. The van der Waals surface area contributed by atoms with E-state index >= 15 is 0 Å². The number of pyridine rings is 1. The Labute approximate surface area is 248 Å². The minimum absolute atomic E-state index is 0.0738. The van der Waals surface area contributed by atoms with Crippen LogP contribution in [0, 0.1) is 11.3 Å². The van der Waals surface area contributed by atoms with Crippen LogP contribution in [0.15, 0.2) is 55.1 Å². The van der Waals surface area contributed by atoms with Crippen LogP contribution >= 0.6 is 0 Å². The number of hydrogen-bond acceptors (Lipinski definition) is 10. The van der Waals surface area contributed by atoms with Gasteiger partial charge in [0.25, 0.3) is 0 Å². The first-order chi connectivity index (χ1) is 22.8. The van der Waals surface area contributed by atoms with Crippen molar-refractivity contribution in [2.24, 2.45) is 0 Å². The maximum atomic E-state index is 9.75. The summed E-state index contributed by atoms with van der Waals surface area (Å²) in [6.07, 6.45) is 6.18. The van der Waals surface area contributed by atoms with Gasteiger partial charge in [0, 0.05) is 53.1 Å². The summed E-state index contributed by atoms with van der Waals surface area (Å²) >= 11 is 0. The predicted molar refractivity (Wildman–Crippen MR) is 152 cm³/mol. The van der Waals surface area contributed by atoms with E-state index in [4.69, 9.17) is 23.8 Å². The van der Waals surface area contributed by atoms with Gasteiger partial charge in [-0.3, -0.25) is 9.88 Å². The minimum Gasteiger partial charge on any atom is -0.497 e. The highest BCUT2D eigenvalue weighted by atomic mass is 16.5. The molecule has 4 aliphatic rings. The minimum atomic E-state index is -2.58. The molecule has 4 saturated heterocycles. The van der Waals surface area contributed by atoms with Crippen molar-refractivity contribution in [3.05, 3.63) is 66.2 Å². The molecular weight excluding hydrogens is 520 g/mol. The molecule has 4 aromatic rings. The molecule has 41 heavy (non-hydrogen) atoms. The number of piperazine rings is 1. The van der Waals surface area contributed by atoms with Gasteiger partial charge in [-0.05, 0) is 30.2 Å². The number of benzene rings is 1. The molecule has 0 spiro atoms. The summed E-state index contributed by atoms with van der Waals surface area (Å²) in [5.41, 5.74) is 2.15. The number of anilines is 1. The molecule has 1 aromatic carbocycles. The number of rotatable bonds is 8. The molecule has 1 N–H and O–H groups in total. The molecule has 0 amide bonds. The van der Waals surface area contributed by atoms with Crippen molar-refractivity contribution in [3.63, 3.8) is 0 Å². The fourth-order valence-electron chi connectivity index (χ4n) is 5.55. The first-order valence-corrected chi connectivity index (χ1v) is 13.4. The van der Waals surface area contributed by atoms with E-state index in [9.17, 15) is 5.26 Å². The second-order valence-electron chi connectivity index (χ2n) is 10.2. The van der Waals surface area contributed by atoms with Crippen molar-refractivity contribution in [3.8, 4) is 28.8 Å². The fourth-order valence-corrected chi connectivity index (χ4v) is 5.55. The molecule has 8 rings (SSSR count). The van der Waals surface area contributed by atoms with Crippen LogP contribution < -0.4 is 19.7 Å². The Hall–Kier alpha value is -4.24. The molecule has 210 valence electrons. The number of morpholine rings is 1. The number of methoxy groups -OCH3 is 1. The van der Waals surface area contributed by atoms with Crippen molar-refractivity contribution in [1.82, 2.24) is 29.8 Å². The monoisotopic (exact) mass is 559 g/mol. The molecule has 0 aliphatic carbocycles. The topological polar surface area (TPSA) is 113 Å². The largest absolute Gasteiger partial charge is 0.497 e. The summed E-state index contributed by atoms with van der Waals surface area (Å²) in [6.45, 7) is -1.55. The maximum absolute atomic E-state index is 9.75. The number of nitrogens with one attached hydrogen (secondary N) is 1. The number of nitriles is 1. The van der Waals surface area contributed by atoms with Gasteiger partial charge in [0.1, 0.15) is 36.0 Å². The van der Waals surface area contributed by atoms with Crippen LogP contribution in [0.25, 0.3) is 16.8 Å². The maximum Gasteiger partial charge on any atom is 0.147 e. The third kappa shape index (κ3) is 5.06. The van der Waals surface area contributed by atoms with Gasteiger partial charge < -0.3 is 24.4 Å². The van der Waals surface area contributed by atoms with Crippen LogP contribution in [0.4, 0.5) is 5.82 Å². The molecule has 11 heteroatoms. The van der Waals surface area contributed by atoms with Crippen molar-refractivity contribution in [2.75, 3.05) is 51.3 Å². The van der Waals surface area contributed by atoms with Crippen LogP contribution in [-0.2, 0) is 11.2 Å². The zero-order chi connectivity index (χ0) is 33.8. The normalized spacial score (nSPS) is 25.8. The molecule has 0 radical (unpaired) electrons. The lowest BCUT2D eigenvalue weighted by atomic mass is 9.87. The first kappa shape index (κ1) is 19.0. The lowest BCUT2D eigenvalue weighted by Gasteiger charge is -2.56. The standard InChI is InChI=1S/C30H32N8O3/c1-39-24-4-2-20(3-5-24)15-37-22-8-23(37)17-36(16-22)29-14-33-28(13-34-29)27-9-25(41-19-26-12-32-6-7-40-26)18-38-30(27)21(10-31)11-35-38/h2-5,9,11,13-14,18,22-23,26,32H,6-8,12,15-17,19H2,1H3/t22?,23?,26-/m0/s1/i1D3,15D2,19D2. The van der Waals surface area contributed by atoms with Gasteiger partial charge in [-0.15, -0.1) is 0 Å². The average molecular weight is 560 g/mol. The Kier molecular flexibility index (Phi) is 5.08. The van der Waals surface area contributed by atoms with E-state index in [1.807, 2.05) is 4.90 Å². The van der Waals surface area contributed by atoms with Crippen molar-refractivity contribution < 1.29 is 23.8 Å². The van der Waals surface area contributed by atoms with E-state index in [-0.39, 0.29) is 23.6 Å². The van der Waals surface area contributed by atoms with E-state index in [0.29, 0.717) is 66.5 Å². The van der Waals surface area contributed by atoms with Crippen LogP contribution in [0.1, 0.15) is 27.1 Å². The summed E-state index contributed by atoms with van der Waals surface area (Å²) in [4.78, 5) is 13.3. The molecule has 7 heterocycles. The first-order valence-electron chi connectivity index (χ1n) is 16.9. The van der Waals surface area contributed by atoms with Gasteiger partial charge in [-0.1, -0.05) is 12.1 Å². The van der Waals surface area contributed by atoms with Crippen LogP contribution in [0.2, 0.25) is 0 Å². The zero-order valence-corrected chi connectivity index (χ0v) is 22.0. The van der Waals surface area contributed by atoms with Crippen molar-refractivity contribution in [2.45, 2.75) is 31.1 Å². The lowest BCUT2D eigenvalue weighted by Crippen LogP contribution is -2.68. The van der Waals surface area contributed by atoms with Crippen molar-refractivity contribution >= 4 is 11.3 Å². The van der Waals surface area contributed by atoms with Crippen molar-refractivity contribution in [1.29, 1.82) is 5.26 Å². The van der Waals surface area contributed by atoms with Crippen LogP contribution in [0.3, 0.4) is 0 Å². The second-order valence-corrected chi connectivity index (χ2v) is 10.2. The fraction of sp³-hybridized carbons (Fsp3) is 0.400. The molecule has 2 unspecified atom stereocenters. The summed E-state index contributed by atoms with van der Waals surface area (Å²) < 4.78 is 74.4.